The van der Waals surface area contributed by atoms with E-state index in [2.05, 4.69) is 10.6 Å². The Balaban J connectivity index is 1.58. The van der Waals surface area contributed by atoms with E-state index in [9.17, 15) is 36.3 Å². The number of hydrogen-bond acceptors (Lipinski definition) is 6. The van der Waals surface area contributed by atoms with Gasteiger partial charge in [0.25, 0.3) is 5.91 Å². The first-order chi connectivity index (χ1) is 21.1. The van der Waals surface area contributed by atoms with E-state index in [4.69, 9.17) is 16.3 Å². The molecule has 3 aromatic rings. The molecule has 0 radical (unpaired) electrons. The summed E-state index contributed by atoms with van der Waals surface area (Å²) in [6, 6.07) is 12.6. The minimum Gasteiger partial charge on any atom is -0.488 e. The molecule has 0 fully saturated rings. The van der Waals surface area contributed by atoms with Gasteiger partial charge in [-0.3, -0.25) is 4.79 Å². The Hall–Kier alpha value is -3.85. The van der Waals surface area contributed by atoms with Gasteiger partial charge in [-0.1, -0.05) is 18.5 Å². The van der Waals surface area contributed by atoms with Gasteiger partial charge in [0, 0.05) is 35.9 Å². The molecular formula is C30H32ClF3N4O6S. The van der Waals surface area contributed by atoms with Crippen LogP contribution in [0.15, 0.2) is 71.6 Å². The summed E-state index contributed by atoms with van der Waals surface area (Å²) in [7, 11) is -2.50. The van der Waals surface area contributed by atoms with E-state index in [1.807, 2.05) is 6.92 Å². The van der Waals surface area contributed by atoms with E-state index in [1.54, 1.807) is 6.92 Å². The van der Waals surface area contributed by atoms with Crippen LogP contribution in [-0.4, -0.2) is 73.6 Å². The van der Waals surface area contributed by atoms with Crippen LogP contribution in [0.3, 0.4) is 0 Å². The number of carbonyl (C=O) groups excluding carboxylic acids is 2. The second-order valence-electron chi connectivity index (χ2n) is 10.7. The number of likely N-dealkylation sites (N-methyl/N-ethyl adjacent to an activating group) is 1. The number of carbonyl (C=O) groups is 2. The zero-order chi connectivity index (χ0) is 33.1. The Morgan fingerprint density at radius 2 is 1.69 bits per heavy atom. The molecule has 15 heteroatoms. The number of nitrogens with zero attached hydrogens (tertiary/aromatic N) is 2. The lowest BCUT2D eigenvalue weighted by Gasteiger charge is -2.38. The molecule has 3 N–H and O–H groups in total. The first-order valence-electron chi connectivity index (χ1n) is 13.8. The predicted molar refractivity (Wildman–Crippen MR) is 163 cm³/mol. The Labute approximate surface area is 263 Å². The van der Waals surface area contributed by atoms with Crippen LogP contribution in [0, 0.1) is 5.92 Å². The van der Waals surface area contributed by atoms with Crippen molar-refractivity contribution in [1.29, 1.82) is 0 Å². The molecular weight excluding hydrogens is 637 g/mol. The molecule has 0 bridgehead atoms. The fraction of sp³-hybridized carbons (Fsp3) is 0.333. The molecule has 3 aromatic carbocycles. The maximum Gasteiger partial charge on any atom is 0.416 e. The molecule has 1 heterocycles. The van der Waals surface area contributed by atoms with Gasteiger partial charge in [-0.25, -0.2) is 13.2 Å². The van der Waals surface area contributed by atoms with Gasteiger partial charge >= 0.3 is 12.2 Å². The molecule has 0 aromatic heterocycles. The standard InChI is InChI=1S/C30H32ClF3N4O6S/c1-18-15-38(19(2)17-39)28(40)25-14-23(36-29(41)35-22-8-4-20(5-9-22)30(32,33)34)10-13-26(25)44-27(18)16-37(3)45(42,43)24-11-6-21(31)7-12-24/h4-14,18-19,27,39H,15-17H2,1-3H3,(H2,35,36,41)/t18-,19+,27+/m1/s1. The first kappa shape index (κ1) is 34.0. The lowest BCUT2D eigenvalue weighted by Crippen LogP contribution is -2.50. The van der Waals surface area contributed by atoms with Crippen LogP contribution < -0.4 is 15.4 Å². The Kier molecular flexibility index (Phi) is 10.3. The predicted octanol–water partition coefficient (Wildman–Crippen LogP) is 5.54. The average Bonchev–Trinajstić information content (AvgIpc) is 2.98. The van der Waals surface area contributed by atoms with E-state index in [0.717, 1.165) is 28.6 Å². The van der Waals surface area contributed by atoms with Crippen molar-refractivity contribution in [3.8, 4) is 5.75 Å². The highest BCUT2D eigenvalue weighted by Gasteiger charge is 2.35. The Morgan fingerprint density at radius 1 is 1.09 bits per heavy atom. The van der Waals surface area contributed by atoms with Crippen molar-refractivity contribution in [1.82, 2.24) is 9.21 Å². The monoisotopic (exact) mass is 668 g/mol. The van der Waals surface area contributed by atoms with Crippen LogP contribution >= 0.6 is 11.6 Å². The number of ether oxygens (including phenoxy) is 1. The SMILES string of the molecule is C[C@@H]1CN([C@@H](C)CO)C(=O)c2cc(NC(=O)Nc3ccc(C(F)(F)F)cc3)ccc2O[C@H]1CN(C)S(=O)(=O)c1ccc(Cl)cc1. The minimum absolute atomic E-state index is 0.0456. The third-order valence-electron chi connectivity index (χ3n) is 7.35. The van der Waals surface area contributed by atoms with E-state index >= 15 is 0 Å². The summed E-state index contributed by atoms with van der Waals surface area (Å²) >= 11 is 5.92. The highest BCUT2D eigenvalue weighted by atomic mass is 35.5. The second kappa shape index (κ2) is 13.6. The quantitative estimate of drug-likeness (QED) is 0.289. The lowest BCUT2D eigenvalue weighted by atomic mass is 9.99. The number of fused-ring (bicyclic) bond motifs is 1. The fourth-order valence-electron chi connectivity index (χ4n) is 4.69. The topological polar surface area (TPSA) is 128 Å². The van der Waals surface area contributed by atoms with E-state index in [1.165, 1.54) is 54.4 Å². The van der Waals surface area contributed by atoms with E-state index in [-0.39, 0.29) is 53.2 Å². The van der Waals surface area contributed by atoms with Gasteiger partial charge in [-0.2, -0.15) is 17.5 Å². The number of amides is 3. The van der Waals surface area contributed by atoms with Crippen LogP contribution in [0.25, 0.3) is 0 Å². The number of hydrogen-bond donors (Lipinski definition) is 3. The number of halogens is 4. The summed E-state index contributed by atoms with van der Waals surface area (Å²) in [5.74, 6) is -0.713. The molecule has 4 rings (SSSR count). The number of alkyl halides is 3. The van der Waals surface area contributed by atoms with E-state index < -0.39 is 45.8 Å². The van der Waals surface area contributed by atoms with Gasteiger partial charge in [0.1, 0.15) is 11.9 Å². The summed E-state index contributed by atoms with van der Waals surface area (Å²) in [4.78, 5) is 27.8. The summed E-state index contributed by atoms with van der Waals surface area (Å²) in [6.45, 7) is 3.20. The molecule has 0 spiro atoms. The van der Waals surface area contributed by atoms with Crippen molar-refractivity contribution in [3.05, 3.63) is 82.9 Å². The van der Waals surface area contributed by atoms with Crippen LogP contribution in [0.2, 0.25) is 5.02 Å². The molecule has 0 saturated heterocycles. The fourth-order valence-corrected chi connectivity index (χ4v) is 6.00. The second-order valence-corrected chi connectivity index (χ2v) is 13.2. The van der Waals surface area contributed by atoms with Crippen molar-refractivity contribution >= 4 is 44.9 Å². The number of benzene rings is 3. The third kappa shape index (κ3) is 8.06. The van der Waals surface area contributed by atoms with Crippen molar-refractivity contribution < 1.29 is 41.0 Å². The summed E-state index contributed by atoms with van der Waals surface area (Å²) in [5, 5.41) is 15.3. The molecule has 242 valence electrons. The highest BCUT2D eigenvalue weighted by molar-refractivity contribution is 7.89. The molecule has 1 aliphatic heterocycles. The molecule has 3 amide bonds. The average molecular weight is 669 g/mol. The zero-order valence-electron chi connectivity index (χ0n) is 24.5. The van der Waals surface area contributed by atoms with Gasteiger partial charge in [-0.05, 0) is 73.7 Å². The number of aliphatic hydroxyl groups is 1. The normalized spacial score (nSPS) is 18.0. The van der Waals surface area contributed by atoms with Crippen molar-refractivity contribution in [2.24, 2.45) is 5.92 Å². The number of aliphatic hydroxyl groups excluding tert-OH is 1. The zero-order valence-corrected chi connectivity index (χ0v) is 26.1. The highest BCUT2D eigenvalue weighted by Crippen LogP contribution is 2.32. The van der Waals surface area contributed by atoms with Crippen LogP contribution in [0.5, 0.6) is 5.75 Å². The van der Waals surface area contributed by atoms with E-state index in [0.29, 0.717) is 5.02 Å². The van der Waals surface area contributed by atoms with Crippen LogP contribution in [-0.2, 0) is 16.2 Å². The number of urea groups is 1. The van der Waals surface area contributed by atoms with Gasteiger partial charge < -0.3 is 25.4 Å². The number of nitrogens with one attached hydrogen (secondary N) is 2. The van der Waals surface area contributed by atoms with Gasteiger partial charge in [-0.15, -0.1) is 0 Å². The summed E-state index contributed by atoms with van der Waals surface area (Å²) in [5.41, 5.74) is -0.512. The number of rotatable bonds is 8. The molecule has 45 heavy (non-hydrogen) atoms. The van der Waals surface area contributed by atoms with Crippen molar-refractivity contribution in [3.63, 3.8) is 0 Å². The molecule has 0 unspecified atom stereocenters. The molecule has 3 atom stereocenters. The summed E-state index contributed by atoms with van der Waals surface area (Å²) in [6.07, 6.45) is -5.24. The smallest absolute Gasteiger partial charge is 0.416 e. The first-order valence-corrected chi connectivity index (χ1v) is 15.6. The lowest BCUT2D eigenvalue weighted by molar-refractivity contribution is -0.137. The number of anilines is 2. The summed E-state index contributed by atoms with van der Waals surface area (Å²) < 4.78 is 72.5. The molecule has 10 nitrogen and oxygen atoms in total. The van der Waals surface area contributed by atoms with Crippen molar-refractivity contribution in [2.45, 2.75) is 37.1 Å². The molecule has 0 aliphatic carbocycles. The van der Waals surface area contributed by atoms with Crippen LogP contribution in [0.4, 0.5) is 29.3 Å². The Morgan fingerprint density at radius 3 is 2.29 bits per heavy atom. The van der Waals surface area contributed by atoms with Gasteiger partial charge in [0.2, 0.25) is 10.0 Å². The third-order valence-corrected chi connectivity index (χ3v) is 9.44. The molecule has 0 saturated carbocycles. The van der Waals surface area contributed by atoms with Crippen molar-refractivity contribution in [2.75, 3.05) is 37.4 Å². The number of sulfonamides is 1. The van der Waals surface area contributed by atoms with Gasteiger partial charge in [0.15, 0.2) is 0 Å². The molecule has 1 aliphatic rings. The van der Waals surface area contributed by atoms with Crippen LogP contribution in [0.1, 0.15) is 29.8 Å². The maximum atomic E-state index is 13.7. The maximum absolute atomic E-state index is 13.7. The minimum atomic E-state index is -4.52. The largest absolute Gasteiger partial charge is 0.488 e. The van der Waals surface area contributed by atoms with Gasteiger partial charge in [0.05, 0.1) is 35.2 Å². The Bertz CT molecular complexity index is 1640.